The van der Waals surface area contributed by atoms with E-state index in [9.17, 15) is 9.59 Å². The number of rotatable bonds is 7. The van der Waals surface area contributed by atoms with Crippen LogP contribution in [0.4, 0.5) is 5.69 Å². The number of esters is 1. The van der Waals surface area contributed by atoms with Crippen molar-refractivity contribution in [2.24, 2.45) is 0 Å². The van der Waals surface area contributed by atoms with Crippen LogP contribution in [0, 0.1) is 0 Å². The van der Waals surface area contributed by atoms with Crippen LogP contribution < -0.4 is 14.8 Å². The number of fused-ring (bicyclic) bond motifs is 1. The molecule has 1 amide bonds. The summed E-state index contributed by atoms with van der Waals surface area (Å²) in [7, 11) is 0. The summed E-state index contributed by atoms with van der Waals surface area (Å²) in [5, 5.41) is 2.68. The van der Waals surface area contributed by atoms with E-state index in [0.717, 1.165) is 30.1 Å². The van der Waals surface area contributed by atoms with Gasteiger partial charge >= 0.3 is 5.97 Å². The second-order valence-corrected chi connectivity index (χ2v) is 7.70. The highest BCUT2D eigenvalue weighted by Gasteiger charge is 2.19. The smallest absolute Gasteiger partial charge is 0.339 e. The predicted molar refractivity (Wildman–Crippen MR) is 108 cm³/mol. The van der Waals surface area contributed by atoms with Gasteiger partial charge in [0.15, 0.2) is 18.1 Å². The van der Waals surface area contributed by atoms with Crippen LogP contribution in [0.1, 0.15) is 23.2 Å². The summed E-state index contributed by atoms with van der Waals surface area (Å²) in [5.41, 5.74) is 0.995. The molecule has 2 aliphatic rings. The van der Waals surface area contributed by atoms with Crippen molar-refractivity contribution in [1.29, 1.82) is 0 Å². The lowest BCUT2D eigenvalue weighted by atomic mass is 10.2. The van der Waals surface area contributed by atoms with Gasteiger partial charge in [-0.15, -0.1) is 11.8 Å². The second kappa shape index (κ2) is 9.19. The molecule has 0 spiro atoms. The maximum atomic E-state index is 12.5. The molecule has 0 unspecified atom stereocenters. The van der Waals surface area contributed by atoms with Crippen LogP contribution in [-0.4, -0.2) is 43.7 Å². The minimum atomic E-state index is -0.527. The molecule has 0 saturated carbocycles. The Morgan fingerprint density at radius 3 is 2.86 bits per heavy atom. The van der Waals surface area contributed by atoms with Crippen LogP contribution in [0.25, 0.3) is 0 Å². The van der Waals surface area contributed by atoms with E-state index in [1.165, 1.54) is 0 Å². The first-order valence-electron chi connectivity index (χ1n) is 9.39. The Hall–Kier alpha value is -2.71. The number of carbonyl (C=O) groups is 2. The van der Waals surface area contributed by atoms with E-state index in [4.69, 9.17) is 18.9 Å². The number of hydrogen-bond donors (Lipinski definition) is 1. The normalized spacial score (nSPS) is 17.2. The van der Waals surface area contributed by atoms with Gasteiger partial charge in [-0.05, 0) is 37.1 Å². The summed E-state index contributed by atoms with van der Waals surface area (Å²) >= 11 is 1.57. The van der Waals surface area contributed by atoms with Crippen LogP contribution in [0.5, 0.6) is 11.5 Å². The topological polar surface area (TPSA) is 83.1 Å². The zero-order valence-corrected chi connectivity index (χ0v) is 16.5. The van der Waals surface area contributed by atoms with Gasteiger partial charge in [0.25, 0.3) is 5.91 Å². The van der Waals surface area contributed by atoms with Crippen molar-refractivity contribution >= 4 is 29.3 Å². The van der Waals surface area contributed by atoms with E-state index >= 15 is 0 Å². The van der Waals surface area contributed by atoms with Crippen molar-refractivity contribution in [2.45, 2.75) is 23.8 Å². The third-order valence-corrected chi connectivity index (χ3v) is 5.75. The first-order chi connectivity index (χ1) is 14.2. The Labute approximate surface area is 172 Å². The molecule has 0 bridgehead atoms. The Bertz CT molecular complexity index is 896. The number of nitrogens with one attached hydrogen (secondary N) is 1. The number of thioether (sulfide) groups is 1. The molecule has 0 aromatic heterocycles. The molecule has 2 aliphatic heterocycles. The molecule has 152 valence electrons. The fourth-order valence-corrected chi connectivity index (χ4v) is 4.21. The lowest BCUT2D eigenvalue weighted by Gasteiger charge is -2.12. The Morgan fingerprint density at radius 2 is 2.00 bits per heavy atom. The molecule has 4 rings (SSSR count). The third-order valence-electron chi connectivity index (χ3n) is 4.55. The monoisotopic (exact) mass is 415 g/mol. The zero-order chi connectivity index (χ0) is 20.1. The van der Waals surface area contributed by atoms with Gasteiger partial charge < -0.3 is 24.3 Å². The molecule has 29 heavy (non-hydrogen) atoms. The van der Waals surface area contributed by atoms with Crippen molar-refractivity contribution in [3.8, 4) is 11.5 Å². The molecule has 2 aromatic carbocycles. The number of ether oxygens (including phenoxy) is 4. The van der Waals surface area contributed by atoms with Gasteiger partial charge in [-0.25, -0.2) is 4.79 Å². The molecule has 1 atom stereocenters. The summed E-state index contributed by atoms with van der Waals surface area (Å²) in [6, 6.07) is 12.3. The highest BCUT2D eigenvalue weighted by molar-refractivity contribution is 7.99. The summed E-state index contributed by atoms with van der Waals surface area (Å²) in [6.07, 6.45) is 2.34. The van der Waals surface area contributed by atoms with Crippen LogP contribution in [0.3, 0.4) is 0 Å². The third kappa shape index (κ3) is 5.02. The average molecular weight is 415 g/mol. The maximum absolute atomic E-state index is 12.5. The van der Waals surface area contributed by atoms with E-state index in [-0.39, 0.29) is 19.5 Å². The van der Waals surface area contributed by atoms with E-state index in [1.54, 1.807) is 42.1 Å². The predicted octanol–water partition coefficient (Wildman–Crippen LogP) is 3.48. The largest absolute Gasteiger partial charge is 0.454 e. The van der Waals surface area contributed by atoms with Gasteiger partial charge in [0, 0.05) is 29.0 Å². The quantitative estimate of drug-likeness (QED) is 0.547. The lowest BCUT2D eigenvalue weighted by Crippen LogP contribution is -2.21. The fourth-order valence-electron chi connectivity index (χ4n) is 3.10. The van der Waals surface area contributed by atoms with E-state index in [1.807, 2.05) is 12.1 Å². The SMILES string of the molecule is O=C(COC(=O)c1ccccc1SC[C@@H]1CCCO1)Nc1ccc2c(c1)OCO2. The van der Waals surface area contributed by atoms with Crippen molar-refractivity contribution < 1.29 is 28.5 Å². The molecule has 1 fully saturated rings. The van der Waals surface area contributed by atoms with E-state index in [0.29, 0.717) is 22.7 Å². The first-order valence-corrected chi connectivity index (χ1v) is 10.4. The van der Waals surface area contributed by atoms with Gasteiger partial charge in [0.2, 0.25) is 6.79 Å². The minimum absolute atomic E-state index is 0.161. The minimum Gasteiger partial charge on any atom is -0.454 e. The summed E-state index contributed by atoms with van der Waals surface area (Å²) < 4.78 is 21.4. The van der Waals surface area contributed by atoms with Crippen molar-refractivity contribution in [1.82, 2.24) is 0 Å². The molecule has 0 aliphatic carbocycles. The Balaban J connectivity index is 1.30. The maximum Gasteiger partial charge on any atom is 0.339 e. The Morgan fingerprint density at radius 1 is 1.14 bits per heavy atom. The Kier molecular flexibility index (Phi) is 6.21. The van der Waals surface area contributed by atoms with Gasteiger partial charge in [0.05, 0.1) is 11.7 Å². The van der Waals surface area contributed by atoms with Crippen molar-refractivity contribution in [3.05, 3.63) is 48.0 Å². The summed E-state index contributed by atoms with van der Waals surface area (Å²) in [6.45, 7) is 0.583. The number of hydrogen-bond acceptors (Lipinski definition) is 7. The van der Waals surface area contributed by atoms with Gasteiger partial charge in [-0.3, -0.25) is 4.79 Å². The van der Waals surface area contributed by atoms with Crippen molar-refractivity contribution in [2.75, 3.05) is 31.1 Å². The summed E-state index contributed by atoms with van der Waals surface area (Å²) in [4.78, 5) is 25.5. The van der Waals surface area contributed by atoms with E-state index < -0.39 is 11.9 Å². The molecule has 1 saturated heterocycles. The fraction of sp³-hybridized carbons (Fsp3) is 0.333. The van der Waals surface area contributed by atoms with Crippen LogP contribution in [0.15, 0.2) is 47.4 Å². The number of amides is 1. The number of carbonyl (C=O) groups excluding carboxylic acids is 2. The van der Waals surface area contributed by atoms with Crippen LogP contribution in [0.2, 0.25) is 0 Å². The van der Waals surface area contributed by atoms with Gasteiger partial charge in [0.1, 0.15) is 0 Å². The van der Waals surface area contributed by atoms with E-state index in [2.05, 4.69) is 5.32 Å². The number of anilines is 1. The van der Waals surface area contributed by atoms with Crippen molar-refractivity contribution in [3.63, 3.8) is 0 Å². The summed E-state index contributed by atoms with van der Waals surface area (Å²) in [5.74, 6) is 1.03. The molecule has 2 aromatic rings. The molecule has 0 radical (unpaired) electrons. The molecular formula is C21H21NO6S. The molecule has 1 N–H and O–H groups in total. The standard InChI is InChI=1S/C21H21NO6S/c23-20(22-14-7-8-17-18(10-14)28-13-27-17)11-26-21(24)16-5-1-2-6-19(16)29-12-15-4-3-9-25-15/h1-2,5-8,10,15H,3-4,9,11-13H2,(H,22,23)/t15-/m0/s1. The lowest BCUT2D eigenvalue weighted by molar-refractivity contribution is -0.119. The molecule has 2 heterocycles. The molecule has 8 heteroatoms. The first kappa shape index (κ1) is 19.6. The second-order valence-electron chi connectivity index (χ2n) is 6.63. The highest BCUT2D eigenvalue weighted by atomic mass is 32.2. The zero-order valence-electron chi connectivity index (χ0n) is 15.7. The molecular weight excluding hydrogens is 394 g/mol. The van der Waals surface area contributed by atoms with Crippen LogP contribution in [-0.2, 0) is 14.3 Å². The average Bonchev–Trinajstić information content (AvgIpc) is 3.42. The highest BCUT2D eigenvalue weighted by Crippen LogP contribution is 2.34. The molecule has 7 nitrogen and oxygen atoms in total. The van der Waals surface area contributed by atoms with Crippen LogP contribution >= 0.6 is 11.8 Å². The number of benzene rings is 2. The van der Waals surface area contributed by atoms with Gasteiger partial charge in [-0.1, -0.05) is 12.1 Å². The van der Waals surface area contributed by atoms with Gasteiger partial charge in [-0.2, -0.15) is 0 Å².